The van der Waals surface area contributed by atoms with Crippen LogP contribution in [0.3, 0.4) is 0 Å². The molecule has 1 aromatic heterocycles. The molecule has 3 N–H and O–H groups in total. The lowest BCUT2D eigenvalue weighted by atomic mass is 9.43. The van der Waals surface area contributed by atoms with Crippen LogP contribution in [0.4, 0.5) is 4.79 Å². The number of carbonyl (C=O) groups is 3. The van der Waals surface area contributed by atoms with Crippen LogP contribution >= 0.6 is 0 Å². The van der Waals surface area contributed by atoms with Crippen LogP contribution < -0.4 is 16.3 Å². The van der Waals surface area contributed by atoms with Crippen LogP contribution in [0.1, 0.15) is 83.6 Å². The van der Waals surface area contributed by atoms with E-state index >= 15 is 0 Å². The summed E-state index contributed by atoms with van der Waals surface area (Å²) >= 11 is 0. The van der Waals surface area contributed by atoms with Crippen molar-refractivity contribution in [3.63, 3.8) is 0 Å². The Balaban J connectivity index is 1.12. The third kappa shape index (κ3) is 5.33. The van der Waals surface area contributed by atoms with Gasteiger partial charge in [0.25, 0.3) is 0 Å². The first-order valence-electron chi connectivity index (χ1n) is 16.4. The Morgan fingerprint density at radius 3 is 2.66 bits per heavy atom. The fourth-order valence-corrected chi connectivity index (χ4v) is 10.1. The number of nitrogens with zero attached hydrogens (tertiary/aromatic N) is 1. The van der Waals surface area contributed by atoms with E-state index in [1.165, 1.54) is 19.3 Å². The number of aliphatic hydroxyl groups is 1. The molecule has 1 saturated heterocycles. The number of nitrogens with one attached hydrogen (secondary N) is 2. The molecule has 2 heterocycles. The largest absolute Gasteiger partial charge is 0.462 e. The molecule has 0 aromatic carbocycles. The number of amides is 2. The smallest absolute Gasteiger partial charge is 0.407 e. The molecule has 1 aliphatic heterocycles. The first-order chi connectivity index (χ1) is 20.9. The molecule has 4 aliphatic carbocycles. The monoisotopic (exact) mass is 613 g/mol. The van der Waals surface area contributed by atoms with Crippen molar-refractivity contribution in [2.45, 2.75) is 95.9 Å². The Hall–Kier alpha value is -2.92. The average molecular weight is 614 g/mol. The van der Waals surface area contributed by atoms with Gasteiger partial charge in [-0.25, -0.2) is 9.59 Å². The topological polar surface area (TPSA) is 147 Å². The van der Waals surface area contributed by atoms with Gasteiger partial charge in [-0.3, -0.25) is 9.59 Å². The van der Waals surface area contributed by atoms with Gasteiger partial charge >= 0.3 is 17.7 Å². The second kappa shape index (κ2) is 11.8. The van der Waals surface area contributed by atoms with Crippen LogP contribution in [0.15, 0.2) is 27.6 Å². The van der Waals surface area contributed by atoms with E-state index in [0.717, 1.165) is 57.1 Å². The summed E-state index contributed by atoms with van der Waals surface area (Å²) in [4.78, 5) is 50.3. The molecule has 5 fully saturated rings. The summed E-state index contributed by atoms with van der Waals surface area (Å²) in [6.07, 6.45) is 6.75. The fraction of sp³-hybridized carbons (Fsp3) is 0.758. The van der Waals surface area contributed by atoms with Gasteiger partial charge in [-0.2, -0.15) is 0 Å². The number of hydrogen-bond donors (Lipinski definition) is 3. The van der Waals surface area contributed by atoms with Crippen molar-refractivity contribution in [2.75, 3.05) is 32.7 Å². The predicted molar refractivity (Wildman–Crippen MR) is 160 cm³/mol. The van der Waals surface area contributed by atoms with Gasteiger partial charge in [0.15, 0.2) is 0 Å². The van der Waals surface area contributed by atoms with Gasteiger partial charge in [0.1, 0.15) is 12.2 Å². The number of fused-ring (bicyclic) bond motifs is 5. The van der Waals surface area contributed by atoms with Gasteiger partial charge in [0.05, 0.1) is 18.4 Å². The van der Waals surface area contributed by atoms with Crippen molar-refractivity contribution in [3.8, 4) is 0 Å². The van der Waals surface area contributed by atoms with E-state index in [4.69, 9.17) is 13.9 Å². The minimum absolute atomic E-state index is 0.00747. The van der Waals surface area contributed by atoms with E-state index in [2.05, 4.69) is 24.5 Å². The quantitative estimate of drug-likeness (QED) is 0.412. The third-order valence-corrected chi connectivity index (χ3v) is 12.3. The van der Waals surface area contributed by atoms with E-state index in [1.54, 1.807) is 11.0 Å². The molecule has 9 atom stereocenters. The zero-order chi connectivity index (χ0) is 31.3. The molecule has 1 aromatic rings. The zero-order valence-corrected chi connectivity index (χ0v) is 26.1. The first-order valence-corrected chi connectivity index (χ1v) is 16.4. The van der Waals surface area contributed by atoms with E-state index in [9.17, 15) is 24.3 Å². The second-order valence-corrected chi connectivity index (χ2v) is 14.4. The van der Waals surface area contributed by atoms with E-state index in [-0.39, 0.29) is 35.2 Å². The van der Waals surface area contributed by atoms with Crippen LogP contribution in [0, 0.1) is 28.6 Å². The maximum absolute atomic E-state index is 12.7. The minimum Gasteiger partial charge on any atom is -0.462 e. The molecule has 2 amide bonds. The summed E-state index contributed by atoms with van der Waals surface area (Å²) in [6.45, 7) is 8.47. The summed E-state index contributed by atoms with van der Waals surface area (Å²) in [6, 6.07) is 3.14. The number of esters is 1. The Kier molecular flexibility index (Phi) is 8.32. The minimum atomic E-state index is -1.04. The number of carbonyl (C=O) groups excluding carboxylic acids is 3. The number of ether oxygens (including phenoxy) is 2. The molecule has 5 aliphatic rings. The molecule has 6 rings (SSSR count). The molecular formula is C33H47N3O8. The number of rotatable bonds is 6. The van der Waals surface area contributed by atoms with Crippen LogP contribution in [0.25, 0.3) is 0 Å². The molecule has 0 spiro atoms. The maximum atomic E-state index is 12.7. The predicted octanol–water partition coefficient (Wildman–Crippen LogP) is 2.95. The maximum Gasteiger partial charge on any atom is 0.407 e. The van der Waals surface area contributed by atoms with Crippen molar-refractivity contribution in [1.29, 1.82) is 0 Å². The van der Waals surface area contributed by atoms with E-state index < -0.39 is 28.8 Å². The molecule has 0 radical (unpaired) electrons. The van der Waals surface area contributed by atoms with Crippen LogP contribution in [0.5, 0.6) is 0 Å². The van der Waals surface area contributed by atoms with Crippen LogP contribution in [0.2, 0.25) is 0 Å². The third-order valence-electron chi connectivity index (χ3n) is 12.3. The van der Waals surface area contributed by atoms with Crippen molar-refractivity contribution in [2.24, 2.45) is 28.6 Å². The van der Waals surface area contributed by atoms with Gasteiger partial charge in [0, 0.05) is 56.9 Å². The number of alkyl carbamates (subject to hydrolysis) is 1. The molecule has 4 saturated carbocycles. The van der Waals surface area contributed by atoms with E-state index in [0.29, 0.717) is 44.4 Å². The lowest BCUT2D eigenvalue weighted by Gasteiger charge is -2.63. The molecule has 11 nitrogen and oxygen atoms in total. The highest BCUT2D eigenvalue weighted by molar-refractivity contribution is 5.79. The van der Waals surface area contributed by atoms with Gasteiger partial charge in [-0.15, -0.1) is 0 Å². The number of piperazine rings is 1. The molecule has 44 heavy (non-hydrogen) atoms. The molecule has 242 valence electrons. The summed E-state index contributed by atoms with van der Waals surface area (Å²) in [5.41, 5.74) is -1.24. The lowest BCUT2D eigenvalue weighted by Crippen LogP contribution is -2.62. The van der Waals surface area contributed by atoms with Gasteiger partial charge in [-0.05, 0) is 79.7 Å². The Bertz CT molecular complexity index is 1310. The second-order valence-electron chi connectivity index (χ2n) is 14.4. The number of hydrogen-bond acceptors (Lipinski definition) is 9. The van der Waals surface area contributed by atoms with E-state index in [1.807, 2.05) is 0 Å². The Labute approximate surface area is 258 Å². The SMILES string of the molecule is CC(=O)OC1CC2(O)C3CCC4CC(OC(=O)NCCN5CCNCC5=O)CCC4(C)C3CCC2(C)C1c1ccc(=O)oc1. The molecule has 0 bridgehead atoms. The van der Waals surface area contributed by atoms with Gasteiger partial charge in [-0.1, -0.05) is 13.8 Å². The highest BCUT2D eigenvalue weighted by atomic mass is 16.6. The first kappa shape index (κ1) is 31.1. The molecular weight excluding hydrogens is 566 g/mol. The van der Waals surface area contributed by atoms with Crippen molar-refractivity contribution >= 4 is 18.0 Å². The molecule has 9 unspecified atom stereocenters. The van der Waals surface area contributed by atoms with Gasteiger partial charge in [0.2, 0.25) is 5.91 Å². The summed E-state index contributed by atoms with van der Waals surface area (Å²) in [7, 11) is 0. The van der Waals surface area contributed by atoms with Crippen LogP contribution in [-0.4, -0.2) is 78.5 Å². The summed E-state index contributed by atoms with van der Waals surface area (Å²) in [5, 5.41) is 18.6. The van der Waals surface area contributed by atoms with Crippen LogP contribution in [-0.2, 0) is 19.1 Å². The van der Waals surface area contributed by atoms with Crippen molar-refractivity contribution < 1.29 is 33.4 Å². The Morgan fingerprint density at radius 1 is 1.11 bits per heavy atom. The average Bonchev–Trinajstić information content (AvgIpc) is 3.20. The van der Waals surface area contributed by atoms with Gasteiger partial charge < -0.3 is 34.5 Å². The van der Waals surface area contributed by atoms with Crippen molar-refractivity contribution in [1.82, 2.24) is 15.5 Å². The zero-order valence-electron chi connectivity index (χ0n) is 26.1. The Morgan fingerprint density at radius 2 is 1.93 bits per heavy atom. The normalized spacial score (nSPS) is 39.9. The summed E-state index contributed by atoms with van der Waals surface area (Å²) in [5.74, 6) is 0.122. The standard InChI is InChI=1S/C33H47N3O8/c1-20(37)43-26-17-33(41)25-6-5-22-16-23(44-30(40)35-13-15-36-14-12-34-18-27(36)38)8-10-31(22,2)24(25)9-11-32(33,3)29(26)21-4-7-28(39)42-19-21/h4,7,19,22-26,29,34,41H,5-6,8-18H2,1-3H3,(H,35,40). The molecule has 11 heteroatoms. The lowest BCUT2D eigenvalue weighted by molar-refractivity contribution is -0.205. The van der Waals surface area contributed by atoms with Crippen molar-refractivity contribution in [3.05, 3.63) is 34.4 Å². The summed E-state index contributed by atoms with van der Waals surface area (Å²) < 4.78 is 17.0. The highest BCUT2D eigenvalue weighted by Gasteiger charge is 2.70. The fourth-order valence-electron chi connectivity index (χ4n) is 10.1. The highest BCUT2D eigenvalue weighted by Crippen LogP contribution is 2.71.